The van der Waals surface area contributed by atoms with Gasteiger partial charge < -0.3 is 10.4 Å². The molecule has 0 aliphatic rings. The van der Waals surface area contributed by atoms with Crippen LogP contribution in [-0.2, 0) is 18.3 Å². The molecule has 2 rings (SSSR count). The molecule has 2 N–H and O–H groups in total. The Balaban J connectivity index is 1.91. The number of halogens is 2. The van der Waals surface area contributed by atoms with Gasteiger partial charge in [0.25, 0.3) is 0 Å². The third-order valence-corrected chi connectivity index (χ3v) is 3.61. The molecular weight excluding hydrogens is 313 g/mol. The van der Waals surface area contributed by atoms with Crippen molar-refractivity contribution in [2.45, 2.75) is 12.5 Å². The van der Waals surface area contributed by atoms with Gasteiger partial charge in [-0.05, 0) is 17.7 Å². The van der Waals surface area contributed by atoms with Crippen molar-refractivity contribution >= 4 is 29.1 Å². The predicted octanol–water partition coefficient (Wildman–Crippen LogP) is 2.12. The zero-order chi connectivity index (χ0) is 15.4. The lowest BCUT2D eigenvalue weighted by atomic mass is 10.1. The molecule has 0 radical (unpaired) electrons. The lowest BCUT2D eigenvalue weighted by Crippen LogP contribution is -2.29. The summed E-state index contributed by atoms with van der Waals surface area (Å²) in [5.41, 5.74) is 1.22. The fraction of sp³-hybridized carbons (Fsp3) is 0.286. The molecule has 7 heteroatoms. The van der Waals surface area contributed by atoms with Gasteiger partial charge in [-0.1, -0.05) is 29.3 Å². The maximum absolute atomic E-state index is 11.8. The van der Waals surface area contributed by atoms with Gasteiger partial charge in [-0.25, -0.2) is 0 Å². The van der Waals surface area contributed by atoms with E-state index in [9.17, 15) is 9.90 Å². The van der Waals surface area contributed by atoms with E-state index in [0.29, 0.717) is 15.6 Å². The van der Waals surface area contributed by atoms with Crippen molar-refractivity contribution in [2.24, 2.45) is 7.05 Å². The number of carbonyl (C=O) groups is 1. The molecule has 0 aliphatic heterocycles. The Morgan fingerprint density at radius 3 is 2.67 bits per heavy atom. The Morgan fingerprint density at radius 2 is 2.10 bits per heavy atom. The van der Waals surface area contributed by atoms with Crippen molar-refractivity contribution in [3.8, 4) is 0 Å². The molecule has 2 aromatic rings. The SMILES string of the molecule is Cn1cc(CC(=O)NC[C@H](O)c2c(Cl)cccc2Cl)cn1. The maximum atomic E-state index is 11.8. The predicted molar refractivity (Wildman–Crippen MR) is 81.3 cm³/mol. The van der Waals surface area contributed by atoms with Crippen LogP contribution in [0.3, 0.4) is 0 Å². The van der Waals surface area contributed by atoms with Gasteiger partial charge in [0.05, 0.1) is 18.7 Å². The normalized spacial score (nSPS) is 12.2. The zero-order valence-electron chi connectivity index (χ0n) is 11.4. The molecule has 5 nitrogen and oxygen atoms in total. The summed E-state index contributed by atoms with van der Waals surface area (Å²) in [6, 6.07) is 4.98. The summed E-state index contributed by atoms with van der Waals surface area (Å²) in [6.07, 6.45) is 2.64. The number of rotatable bonds is 5. The van der Waals surface area contributed by atoms with Gasteiger partial charge in [0, 0.05) is 35.4 Å². The Morgan fingerprint density at radius 1 is 1.43 bits per heavy atom. The first kappa shape index (κ1) is 15.8. The van der Waals surface area contributed by atoms with E-state index in [-0.39, 0.29) is 18.9 Å². The average Bonchev–Trinajstić information content (AvgIpc) is 2.81. The molecule has 0 bridgehead atoms. The minimum atomic E-state index is -0.955. The molecule has 1 aromatic heterocycles. The largest absolute Gasteiger partial charge is 0.386 e. The molecule has 0 fully saturated rings. The van der Waals surface area contributed by atoms with Crippen molar-refractivity contribution in [2.75, 3.05) is 6.54 Å². The number of carbonyl (C=O) groups excluding carboxylic acids is 1. The highest BCUT2D eigenvalue weighted by Crippen LogP contribution is 2.29. The van der Waals surface area contributed by atoms with Crippen LogP contribution in [0.2, 0.25) is 10.0 Å². The van der Waals surface area contributed by atoms with Crippen LogP contribution in [-0.4, -0.2) is 27.3 Å². The molecule has 0 saturated heterocycles. The summed E-state index contributed by atoms with van der Waals surface area (Å²) in [5, 5.41) is 17.5. The number of benzene rings is 1. The van der Waals surface area contributed by atoms with Crippen LogP contribution in [0.1, 0.15) is 17.2 Å². The molecule has 1 aromatic carbocycles. The molecule has 1 atom stereocenters. The van der Waals surface area contributed by atoms with Crippen molar-refractivity contribution < 1.29 is 9.90 Å². The Hall–Kier alpha value is -1.56. The minimum Gasteiger partial charge on any atom is -0.386 e. The fourth-order valence-corrected chi connectivity index (χ4v) is 2.60. The topological polar surface area (TPSA) is 67.2 Å². The number of nitrogens with zero attached hydrogens (tertiary/aromatic N) is 2. The van der Waals surface area contributed by atoms with Crippen molar-refractivity contribution in [1.82, 2.24) is 15.1 Å². The smallest absolute Gasteiger partial charge is 0.224 e. The Kier molecular flexibility index (Phi) is 5.22. The monoisotopic (exact) mass is 327 g/mol. The van der Waals surface area contributed by atoms with Crippen LogP contribution in [0.4, 0.5) is 0 Å². The number of hydrogen-bond donors (Lipinski definition) is 2. The Bertz CT molecular complexity index is 623. The summed E-state index contributed by atoms with van der Waals surface area (Å²) in [5.74, 6) is -0.203. The second kappa shape index (κ2) is 6.93. The van der Waals surface area contributed by atoms with Gasteiger partial charge in [-0.3, -0.25) is 9.48 Å². The number of hydrogen-bond acceptors (Lipinski definition) is 3. The Labute approximate surface area is 132 Å². The van der Waals surface area contributed by atoms with E-state index in [1.54, 1.807) is 42.3 Å². The number of amides is 1. The number of nitrogens with one attached hydrogen (secondary N) is 1. The van der Waals surface area contributed by atoms with Gasteiger partial charge in [0.15, 0.2) is 0 Å². The quantitative estimate of drug-likeness (QED) is 0.883. The molecule has 0 spiro atoms. The van der Waals surface area contributed by atoms with Gasteiger partial charge in [-0.2, -0.15) is 5.10 Å². The van der Waals surface area contributed by atoms with Gasteiger partial charge in [0.2, 0.25) is 5.91 Å². The van der Waals surface area contributed by atoms with Crippen LogP contribution in [0.15, 0.2) is 30.6 Å². The van der Waals surface area contributed by atoms with Crippen LogP contribution in [0, 0.1) is 0 Å². The van der Waals surface area contributed by atoms with E-state index >= 15 is 0 Å². The van der Waals surface area contributed by atoms with Crippen molar-refractivity contribution in [3.05, 3.63) is 51.8 Å². The maximum Gasteiger partial charge on any atom is 0.224 e. The first-order valence-electron chi connectivity index (χ1n) is 6.33. The van der Waals surface area contributed by atoms with Gasteiger partial charge >= 0.3 is 0 Å². The second-order valence-electron chi connectivity index (χ2n) is 4.65. The standard InChI is InChI=1S/C14H15Cl2N3O2/c1-19-8-9(6-18-19)5-13(21)17-7-12(20)14-10(15)3-2-4-11(14)16/h2-4,6,8,12,20H,5,7H2,1H3,(H,17,21)/t12-/m0/s1. The van der Waals surface area contributed by atoms with E-state index in [1.165, 1.54) is 0 Å². The second-order valence-corrected chi connectivity index (χ2v) is 5.47. The summed E-state index contributed by atoms with van der Waals surface area (Å²) in [6.45, 7) is 0.0442. The zero-order valence-corrected chi connectivity index (χ0v) is 12.9. The lowest BCUT2D eigenvalue weighted by Gasteiger charge is -2.15. The number of aromatic nitrogens is 2. The van der Waals surface area contributed by atoms with Crippen molar-refractivity contribution in [3.63, 3.8) is 0 Å². The third kappa shape index (κ3) is 4.20. The summed E-state index contributed by atoms with van der Waals surface area (Å²) in [7, 11) is 1.78. The lowest BCUT2D eigenvalue weighted by molar-refractivity contribution is -0.120. The highest BCUT2D eigenvalue weighted by Gasteiger charge is 2.16. The first-order valence-corrected chi connectivity index (χ1v) is 7.09. The van der Waals surface area contributed by atoms with Crippen LogP contribution in [0.25, 0.3) is 0 Å². The molecule has 1 heterocycles. The molecule has 0 unspecified atom stereocenters. The molecule has 0 saturated carbocycles. The van der Waals surface area contributed by atoms with E-state index in [1.807, 2.05) is 0 Å². The summed E-state index contributed by atoms with van der Waals surface area (Å²) >= 11 is 12.0. The highest BCUT2D eigenvalue weighted by molar-refractivity contribution is 6.36. The number of aryl methyl sites for hydroxylation is 1. The third-order valence-electron chi connectivity index (χ3n) is 2.95. The first-order chi connectivity index (χ1) is 9.97. The molecular formula is C14H15Cl2N3O2. The van der Waals surface area contributed by atoms with Crippen LogP contribution < -0.4 is 5.32 Å². The van der Waals surface area contributed by atoms with Crippen LogP contribution in [0.5, 0.6) is 0 Å². The van der Waals surface area contributed by atoms with E-state index in [4.69, 9.17) is 23.2 Å². The molecule has 21 heavy (non-hydrogen) atoms. The van der Waals surface area contributed by atoms with Gasteiger partial charge in [-0.15, -0.1) is 0 Å². The minimum absolute atomic E-state index is 0.0442. The molecule has 1 amide bonds. The van der Waals surface area contributed by atoms with E-state index in [2.05, 4.69) is 10.4 Å². The number of aliphatic hydroxyl groups excluding tert-OH is 1. The molecule has 112 valence electrons. The highest BCUT2D eigenvalue weighted by atomic mass is 35.5. The van der Waals surface area contributed by atoms with Crippen LogP contribution >= 0.6 is 23.2 Å². The summed E-state index contributed by atoms with van der Waals surface area (Å²) in [4.78, 5) is 11.8. The molecule has 0 aliphatic carbocycles. The van der Waals surface area contributed by atoms with E-state index in [0.717, 1.165) is 5.56 Å². The van der Waals surface area contributed by atoms with E-state index < -0.39 is 6.10 Å². The summed E-state index contributed by atoms with van der Waals surface area (Å²) < 4.78 is 1.63. The number of aliphatic hydroxyl groups is 1. The van der Waals surface area contributed by atoms with Gasteiger partial charge in [0.1, 0.15) is 0 Å². The van der Waals surface area contributed by atoms with Crippen molar-refractivity contribution in [1.29, 1.82) is 0 Å². The average molecular weight is 328 g/mol. The fourth-order valence-electron chi connectivity index (χ4n) is 1.95.